The smallest absolute Gasteiger partial charge is 0.0442 e. The SMILES string of the molecule is CCCC[C@@H](c1ccc(CC)s1)N1CCNCC1. The molecule has 2 nitrogen and oxygen atoms in total. The molecule has 1 aliphatic heterocycles. The second kappa shape index (κ2) is 7.27. The van der Waals surface area contributed by atoms with Crippen molar-refractivity contribution >= 4 is 11.3 Å². The van der Waals surface area contributed by atoms with Gasteiger partial charge >= 0.3 is 0 Å². The maximum Gasteiger partial charge on any atom is 0.0442 e. The minimum atomic E-state index is 0.664. The summed E-state index contributed by atoms with van der Waals surface area (Å²) in [6.45, 7) is 9.24. The van der Waals surface area contributed by atoms with Crippen molar-refractivity contribution < 1.29 is 0 Å². The van der Waals surface area contributed by atoms with Gasteiger partial charge in [0.05, 0.1) is 0 Å². The van der Waals surface area contributed by atoms with Crippen LogP contribution < -0.4 is 5.32 Å². The third kappa shape index (κ3) is 3.56. The summed E-state index contributed by atoms with van der Waals surface area (Å²) < 4.78 is 0. The predicted molar refractivity (Wildman–Crippen MR) is 80.4 cm³/mol. The Morgan fingerprint density at radius 1 is 1.28 bits per heavy atom. The minimum absolute atomic E-state index is 0.664. The predicted octanol–water partition coefficient (Wildman–Crippen LogP) is 3.45. The van der Waals surface area contributed by atoms with Crippen molar-refractivity contribution in [1.29, 1.82) is 0 Å². The third-order valence-corrected chi connectivity index (χ3v) is 5.11. The maximum absolute atomic E-state index is 3.46. The van der Waals surface area contributed by atoms with Crippen LogP contribution in [0.25, 0.3) is 0 Å². The van der Waals surface area contributed by atoms with Crippen LogP contribution in [-0.4, -0.2) is 31.1 Å². The van der Waals surface area contributed by atoms with Crippen molar-refractivity contribution in [2.45, 2.75) is 45.6 Å². The molecule has 1 N–H and O–H groups in total. The topological polar surface area (TPSA) is 15.3 Å². The van der Waals surface area contributed by atoms with Crippen LogP contribution in [0.2, 0.25) is 0 Å². The minimum Gasteiger partial charge on any atom is -0.314 e. The van der Waals surface area contributed by atoms with Crippen LogP contribution in [0.3, 0.4) is 0 Å². The van der Waals surface area contributed by atoms with E-state index >= 15 is 0 Å². The van der Waals surface area contributed by atoms with Gasteiger partial charge in [-0.3, -0.25) is 4.90 Å². The third-order valence-electron chi connectivity index (χ3n) is 3.78. The lowest BCUT2D eigenvalue weighted by molar-refractivity contribution is 0.165. The van der Waals surface area contributed by atoms with Crippen LogP contribution in [-0.2, 0) is 6.42 Å². The van der Waals surface area contributed by atoms with Gasteiger partial charge in [0, 0.05) is 42.0 Å². The molecular formula is C15H26N2S. The fourth-order valence-electron chi connectivity index (χ4n) is 2.66. The van der Waals surface area contributed by atoms with Crippen LogP contribution in [0.1, 0.15) is 48.9 Å². The van der Waals surface area contributed by atoms with Gasteiger partial charge in [0.25, 0.3) is 0 Å². The first-order valence-corrected chi connectivity index (χ1v) is 8.20. The Morgan fingerprint density at radius 3 is 2.67 bits per heavy atom. The monoisotopic (exact) mass is 266 g/mol. The number of rotatable bonds is 6. The number of hydrogen-bond donors (Lipinski definition) is 1. The molecule has 2 heterocycles. The first-order chi connectivity index (χ1) is 8.85. The molecule has 18 heavy (non-hydrogen) atoms. The van der Waals surface area contributed by atoms with Crippen LogP contribution >= 0.6 is 11.3 Å². The van der Waals surface area contributed by atoms with Crippen molar-refractivity contribution in [2.24, 2.45) is 0 Å². The Bertz CT molecular complexity index is 342. The van der Waals surface area contributed by atoms with E-state index in [1.165, 1.54) is 43.6 Å². The van der Waals surface area contributed by atoms with Crippen molar-refractivity contribution in [3.63, 3.8) is 0 Å². The van der Waals surface area contributed by atoms with E-state index in [-0.39, 0.29) is 0 Å². The number of hydrogen-bond acceptors (Lipinski definition) is 3. The van der Waals surface area contributed by atoms with Gasteiger partial charge in [-0.25, -0.2) is 0 Å². The number of nitrogens with one attached hydrogen (secondary N) is 1. The fraction of sp³-hybridized carbons (Fsp3) is 0.733. The number of thiophene rings is 1. The van der Waals surface area contributed by atoms with E-state index in [1.54, 1.807) is 4.88 Å². The largest absolute Gasteiger partial charge is 0.314 e. The first kappa shape index (κ1) is 14.0. The van der Waals surface area contributed by atoms with Crippen LogP contribution in [0.4, 0.5) is 0 Å². The number of nitrogens with zero attached hydrogens (tertiary/aromatic N) is 1. The summed E-state index contributed by atoms with van der Waals surface area (Å²) in [5.41, 5.74) is 0. The molecule has 3 heteroatoms. The molecule has 1 fully saturated rings. The Kier molecular flexibility index (Phi) is 5.67. The summed E-state index contributed by atoms with van der Waals surface area (Å²) in [6, 6.07) is 5.35. The van der Waals surface area contributed by atoms with Gasteiger partial charge in [-0.15, -0.1) is 11.3 Å². The van der Waals surface area contributed by atoms with Crippen molar-refractivity contribution in [3.05, 3.63) is 21.9 Å². The quantitative estimate of drug-likeness (QED) is 0.848. The molecule has 1 atom stereocenters. The standard InChI is InChI=1S/C15H26N2S/c1-3-5-6-14(17-11-9-16-10-12-17)15-8-7-13(4-2)18-15/h7-8,14,16H,3-6,9-12H2,1-2H3/t14-/m0/s1. The second-order valence-electron chi connectivity index (χ2n) is 5.10. The van der Waals surface area contributed by atoms with E-state index in [0.717, 1.165) is 13.1 Å². The highest BCUT2D eigenvalue weighted by Gasteiger charge is 2.22. The number of unbranched alkanes of at least 4 members (excludes halogenated alkanes) is 1. The van der Waals surface area contributed by atoms with Gasteiger partial charge < -0.3 is 5.32 Å². The molecule has 1 aromatic rings. The second-order valence-corrected chi connectivity index (χ2v) is 6.30. The van der Waals surface area contributed by atoms with Gasteiger partial charge in [0.15, 0.2) is 0 Å². The van der Waals surface area contributed by atoms with Crippen LogP contribution in [0.15, 0.2) is 12.1 Å². The maximum atomic E-state index is 3.46. The summed E-state index contributed by atoms with van der Waals surface area (Å²) in [5, 5.41) is 3.46. The van der Waals surface area contributed by atoms with E-state index in [4.69, 9.17) is 0 Å². The molecular weight excluding hydrogens is 240 g/mol. The van der Waals surface area contributed by atoms with Crippen molar-refractivity contribution in [1.82, 2.24) is 10.2 Å². The molecule has 102 valence electrons. The van der Waals surface area contributed by atoms with Gasteiger partial charge in [-0.1, -0.05) is 26.7 Å². The molecule has 2 rings (SSSR count). The Labute approximate surface area is 115 Å². The lowest BCUT2D eigenvalue weighted by atomic mass is 10.1. The molecule has 1 saturated heterocycles. The Balaban J connectivity index is 2.07. The Hall–Kier alpha value is -0.380. The number of piperazine rings is 1. The molecule has 0 amide bonds. The van der Waals surface area contributed by atoms with E-state index in [2.05, 4.69) is 36.2 Å². The van der Waals surface area contributed by atoms with Crippen LogP contribution in [0, 0.1) is 0 Å². The van der Waals surface area contributed by atoms with E-state index in [1.807, 2.05) is 11.3 Å². The summed E-state index contributed by atoms with van der Waals surface area (Å²) in [7, 11) is 0. The normalized spacial score (nSPS) is 19.0. The molecule has 1 aliphatic rings. The zero-order chi connectivity index (χ0) is 12.8. The summed E-state index contributed by atoms with van der Waals surface area (Å²) in [6.07, 6.45) is 5.13. The fourth-order valence-corrected chi connectivity index (χ4v) is 3.78. The Morgan fingerprint density at radius 2 is 2.06 bits per heavy atom. The van der Waals surface area contributed by atoms with Crippen LogP contribution in [0.5, 0.6) is 0 Å². The molecule has 0 saturated carbocycles. The molecule has 1 aromatic heterocycles. The average Bonchev–Trinajstić information content (AvgIpc) is 2.89. The molecule has 0 radical (unpaired) electrons. The molecule has 0 aromatic carbocycles. The number of aryl methyl sites for hydroxylation is 1. The highest BCUT2D eigenvalue weighted by Crippen LogP contribution is 2.32. The summed E-state index contributed by atoms with van der Waals surface area (Å²) in [5.74, 6) is 0. The zero-order valence-electron chi connectivity index (χ0n) is 11.7. The van der Waals surface area contributed by atoms with Crippen molar-refractivity contribution in [2.75, 3.05) is 26.2 Å². The molecule has 0 unspecified atom stereocenters. The van der Waals surface area contributed by atoms with E-state index in [9.17, 15) is 0 Å². The highest BCUT2D eigenvalue weighted by molar-refractivity contribution is 7.12. The summed E-state index contributed by atoms with van der Waals surface area (Å²) in [4.78, 5) is 5.79. The van der Waals surface area contributed by atoms with E-state index in [0.29, 0.717) is 6.04 Å². The summed E-state index contributed by atoms with van der Waals surface area (Å²) >= 11 is 2.02. The molecule has 0 spiro atoms. The lowest BCUT2D eigenvalue weighted by Crippen LogP contribution is -2.45. The molecule has 0 bridgehead atoms. The van der Waals surface area contributed by atoms with Gasteiger partial charge in [0.1, 0.15) is 0 Å². The average molecular weight is 266 g/mol. The highest BCUT2D eigenvalue weighted by atomic mass is 32.1. The van der Waals surface area contributed by atoms with Crippen molar-refractivity contribution in [3.8, 4) is 0 Å². The van der Waals surface area contributed by atoms with E-state index < -0.39 is 0 Å². The van der Waals surface area contributed by atoms with Gasteiger partial charge in [-0.2, -0.15) is 0 Å². The first-order valence-electron chi connectivity index (χ1n) is 7.38. The zero-order valence-corrected chi connectivity index (χ0v) is 12.6. The molecule has 0 aliphatic carbocycles. The van der Waals surface area contributed by atoms with Gasteiger partial charge in [0.2, 0.25) is 0 Å². The van der Waals surface area contributed by atoms with Gasteiger partial charge in [-0.05, 0) is 25.0 Å². The lowest BCUT2D eigenvalue weighted by Gasteiger charge is -2.34.